The second kappa shape index (κ2) is 3.41. The maximum absolute atomic E-state index is 11.5. The molecule has 0 amide bonds. The van der Waals surface area contributed by atoms with Gasteiger partial charge in [-0.25, -0.2) is 0 Å². The van der Waals surface area contributed by atoms with E-state index >= 15 is 0 Å². The molecule has 0 aromatic heterocycles. The zero-order chi connectivity index (χ0) is 11.0. The Bertz CT molecular complexity index is 255. The van der Waals surface area contributed by atoms with Crippen molar-refractivity contribution in [2.24, 2.45) is 16.7 Å². The van der Waals surface area contributed by atoms with Crippen molar-refractivity contribution in [3.05, 3.63) is 12.7 Å². The minimum absolute atomic E-state index is 0.244. The Balaban J connectivity index is 3.17. The molecule has 1 saturated carbocycles. The van der Waals surface area contributed by atoms with E-state index < -0.39 is 11.4 Å². The molecule has 1 rings (SSSR count). The van der Waals surface area contributed by atoms with Crippen LogP contribution in [0.3, 0.4) is 0 Å². The van der Waals surface area contributed by atoms with E-state index in [0.717, 1.165) is 19.3 Å². The molecule has 2 heteroatoms. The summed E-state index contributed by atoms with van der Waals surface area (Å²) in [6, 6.07) is 0. The lowest BCUT2D eigenvalue weighted by Gasteiger charge is -2.42. The van der Waals surface area contributed by atoms with Gasteiger partial charge in [-0.15, -0.1) is 6.58 Å². The molecular formula is C12H20O2. The first-order chi connectivity index (χ1) is 6.38. The largest absolute Gasteiger partial charge is 0.481 e. The highest BCUT2D eigenvalue weighted by atomic mass is 16.4. The van der Waals surface area contributed by atoms with Crippen molar-refractivity contribution in [2.45, 2.75) is 40.0 Å². The fraction of sp³-hybridized carbons (Fsp3) is 0.750. The molecule has 0 radical (unpaired) electrons. The highest BCUT2D eigenvalue weighted by Gasteiger charge is 2.55. The highest BCUT2D eigenvalue weighted by molar-refractivity contribution is 5.77. The molecular weight excluding hydrogens is 176 g/mol. The van der Waals surface area contributed by atoms with Crippen LogP contribution in [0, 0.1) is 16.7 Å². The van der Waals surface area contributed by atoms with E-state index in [4.69, 9.17) is 0 Å². The van der Waals surface area contributed by atoms with Crippen LogP contribution in [0.15, 0.2) is 12.7 Å². The van der Waals surface area contributed by atoms with Crippen LogP contribution < -0.4 is 0 Å². The molecule has 0 heterocycles. The van der Waals surface area contributed by atoms with Crippen LogP contribution in [0.5, 0.6) is 0 Å². The maximum atomic E-state index is 11.5. The lowest BCUT2D eigenvalue weighted by Crippen LogP contribution is -2.45. The average molecular weight is 196 g/mol. The number of hydrogen-bond acceptors (Lipinski definition) is 1. The zero-order valence-electron chi connectivity index (χ0n) is 9.34. The number of rotatable bonds is 3. The lowest BCUT2D eigenvalue weighted by molar-refractivity contribution is -0.157. The first-order valence-corrected chi connectivity index (χ1v) is 5.25. The quantitative estimate of drug-likeness (QED) is 0.704. The van der Waals surface area contributed by atoms with E-state index in [1.165, 1.54) is 0 Å². The lowest BCUT2D eigenvalue weighted by atomic mass is 9.60. The number of carboxylic acid groups (broad SMARTS) is 1. The summed E-state index contributed by atoms with van der Waals surface area (Å²) in [5.41, 5.74) is -0.927. The summed E-state index contributed by atoms with van der Waals surface area (Å²) in [5.74, 6) is -0.416. The third kappa shape index (κ3) is 1.28. The molecule has 2 atom stereocenters. The van der Waals surface area contributed by atoms with Gasteiger partial charge in [0.05, 0.1) is 5.41 Å². The predicted molar refractivity (Wildman–Crippen MR) is 57.1 cm³/mol. The number of aliphatic carboxylic acids is 1. The zero-order valence-corrected chi connectivity index (χ0v) is 9.34. The van der Waals surface area contributed by atoms with Gasteiger partial charge < -0.3 is 5.11 Å². The number of hydrogen-bond donors (Lipinski definition) is 1. The first kappa shape index (κ1) is 11.3. The van der Waals surface area contributed by atoms with Crippen molar-refractivity contribution in [1.82, 2.24) is 0 Å². The van der Waals surface area contributed by atoms with E-state index in [-0.39, 0.29) is 11.3 Å². The summed E-state index contributed by atoms with van der Waals surface area (Å²) in [7, 11) is 0. The molecule has 1 aliphatic rings. The third-order valence-corrected chi connectivity index (χ3v) is 4.09. The Morgan fingerprint density at radius 1 is 1.64 bits per heavy atom. The van der Waals surface area contributed by atoms with Crippen LogP contribution >= 0.6 is 0 Å². The summed E-state index contributed by atoms with van der Waals surface area (Å²) < 4.78 is 0. The molecule has 0 aromatic carbocycles. The number of carboxylic acids is 1. The summed E-state index contributed by atoms with van der Waals surface area (Å²) in [5, 5.41) is 9.45. The normalized spacial score (nSPS) is 32.9. The van der Waals surface area contributed by atoms with Crippen LogP contribution in [0.2, 0.25) is 0 Å². The van der Waals surface area contributed by atoms with Gasteiger partial charge in [0.25, 0.3) is 0 Å². The molecule has 1 aliphatic carbocycles. The smallest absolute Gasteiger partial charge is 0.310 e. The van der Waals surface area contributed by atoms with Crippen LogP contribution in [0.1, 0.15) is 40.0 Å². The van der Waals surface area contributed by atoms with Crippen LogP contribution in [0.4, 0.5) is 0 Å². The van der Waals surface area contributed by atoms with Crippen molar-refractivity contribution in [1.29, 1.82) is 0 Å². The summed E-state index contributed by atoms with van der Waals surface area (Å²) >= 11 is 0. The van der Waals surface area contributed by atoms with Crippen LogP contribution in [-0.4, -0.2) is 11.1 Å². The molecule has 0 spiro atoms. The van der Waals surface area contributed by atoms with Gasteiger partial charge in [-0.05, 0) is 24.2 Å². The summed E-state index contributed by atoms with van der Waals surface area (Å²) in [6.07, 6.45) is 4.61. The molecule has 0 bridgehead atoms. The van der Waals surface area contributed by atoms with E-state index in [0.29, 0.717) is 0 Å². The Hall–Kier alpha value is -0.790. The average Bonchev–Trinajstić information content (AvgIpc) is 2.48. The van der Waals surface area contributed by atoms with Crippen molar-refractivity contribution >= 4 is 5.97 Å². The minimum atomic E-state index is -0.660. The number of carbonyl (C=O) groups is 1. The minimum Gasteiger partial charge on any atom is -0.481 e. The van der Waals surface area contributed by atoms with Gasteiger partial charge in [-0.1, -0.05) is 33.3 Å². The molecule has 14 heavy (non-hydrogen) atoms. The van der Waals surface area contributed by atoms with Gasteiger partial charge in [0.1, 0.15) is 0 Å². The highest BCUT2D eigenvalue weighted by Crippen LogP contribution is 2.55. The van der Waals surface area contributed by atoms with Gasteiger partial charge in [-0.2, -0.15) is 0 Å². The van der Waals surface area contributed by atoms with Gasteiger partial charge in [0.2, 0.25) is 0 Å². The maximum Gasteiger partial charge on any atom is 0.310 e. The van der Waals surface area contributed by atoms with Crippen molar-refractivity contribution in [2.75, 3.05) is 0 Å². The second-order valence-corrected chi connectivity index (χ2v) is 5.00. The monoisotopic (exact) mass is 196 g/mol. The van der Waals surface area contributed by atoms with Crippen LogP contribution in [-0.2, 0) is 4.79 Å². The SMILES string of the molecule is C=CC(C)(C)[C@@]1(C(=O)O)CCC[C@@H]1C. The van der Waals surface area contributed by atoms with E-state index in [1.807, 2.05) is 20.8 Å². The first-order valence-electron chi connectivity index (χ1n) is 5.25. The molecule has 1 fully saturated rings. The van der Waals surface area contributed by atoms with Gasteiger partial charge >= 0.3 is 5.97 Å². The van der Waals surface area contributed by atoms with Crippen LogP contribution in [0.25, 0.3) is 0 Å². The third-order valence-electron chi connectivity index (χ3n) is 4.09. The fourth-order valence-corrected chi connectivity index (χ4v) is 2.91. The van der Waals surface area contributed by atoms with Crippen molar-refractivity contribution < 1.29 is 9.90 Å². The van der Waals surface area contributed by atoms with Crippen molar-refractivity contribution in [3.8, 4) is 0 Å². The van der Waals surface area contributed by atoms with E-state index in [1.54, 1.807) is 6.08 Å². The fourth-order valence-electron chi connectivity index (χ4n) is 2.91. The van der Waals surface area contributed by atoms with Gasteiger partial charge in [0, 0.05) is 0 Å². The Kier molecular flexibility index (Phi) is 2.75. The standard InChI is InChI=1S/C12H20O2/c1-5-11(3,4)12(10(13)14)8-6-7-9(12)2/h5,9H,1,6-8H2,2-4H3,(H,13,14)/t9-,12-/m0/s1. The van der Waals surface area contributed by atoms with E-state index in [9.17, 15) is 9.90 Å². The Morgan fingerprint density at radius 2 is 2.21 bits per heavy atom. The molecule has 0 saturated heterocycles. The van der Waals surface area contributed by atoms with Gasteiger partial charge in [0.15, 0.2) is 0 Å². The van der Waals surface area contributed by atoms with E-state index in [2.05, 4.69) is 6.58 Å². The molecule has 1 N–H and O–H groups in total. The molecule has 0 aliphatic heterocycles. The molecule has 80 valence electrons. The number of allylic oxidation sites excluding steroid dienone is 1. The molecule has 0 aromatic rings. The van der Waals surface area contributed by atoms with Gasteiger partial charge in [-0.3, -0.25) is 4.79 Å². The Morgan fingerprint density at radius 3 is 2.50 bits per heavy atom. The summed E-state index contributed by atoms with van der Waals surface area (Å²) in [6.45, 7) is 9.79. The molecule has 0 unspecified atom stereocenters. The predicted octanol–water partition coefficient (Wildman–Crippen LogP) is 3.09. The summed E-state index contributed by atoms with van der Waals surface area (Å²) in [4.78, 5) is 11.5. The topological polar surface area (TPSA) is 37.3 Å². The second-order valence-electron chi connectivity index (χ2n) is 5.00. The molecule has 2 nitrogen and oxygen atoms in total. The van der Waals surface area contributed by atoms with Crippen molar-refractivity contribution in [3.63, 3.8) is 0 Å². The Labute approximate surface area is 86.0 Å².